The smallest absolute Gasteiger partial charge is 0.273 e. The van der Waals surface area contributed by atoms with E-state index in [4.69, 9.17) is 4.74 Å². The fourth-order valence-electron chi connectivity index (χ4n) is 2.97. The molecule has 1 aliphatic rings. The second-order valence-corrected chi connectivity index (χ2v) is 7.11. The quantitative estimate of drug-likeness (QED) is 0.916. The van der Waals surface area contributed by atoms with Crippen molar-refractivity contribution in [2.24, 2.45) is 5.41 Å². The van der Waals surface area contributed by atoms with Crippen LogP contribution >= 0.6 is 0 Å². The number of rotatable bonds is 5. The highest BCUT2D eigenvalue weighted by Crippen LogP contribution is 2.43. The molecule has 0 radical (unpaired) electrons. The van der Waals surface area contributed by atoms with E-state index in [9.17, 15) is 4.79 Å². The highest BCUT2D eigenvalue weighted by Gasteiger charge is 2.50. The van der Waals surface area contributed by atoms with Crippen LogP contribution in [-0.2, 0) is 4.74 Å². The molecule has 3 rings (SSSR count). The Morgan fingerprint density at radius 1 is 1.33 bits per heavy atom. The van der Waals surface area contributed by atoms with Crippen molar-refractivity contribution in [1.82, 2.24) is 20.3 Å². The number of hydrogen-bond acceptors (Lipinski definition) is 4. The normalized spacial score (nSPS) is 22.2. The van der Waals surface area contributed by atoms with Gasteiger partial charge in [-0.3, -0.25) is 4.79 Å². The number of nitrogens with zero attached hydrogens (tertiary/aromatic N) is 3. The van der Waals surface area contributed by atoms with Gasteiger partial charge in [0.15, 0.2) is 5.69 Å². The maximum atomic E-state index is 12.4. The van der Waals surface area contributed by atoms with Gasteiger partial charge in [0.25, 0.3) is 5.91 Å². The fourth-order valence-corrected chi connectivity index (χ4v) is 2.97. The van der Waals surface area contributed by atoms with Gasteiger partial charge in [-0.2, -0.15) is 9.90 Å². The summed E-state index contributed by atoms with van der Waals surface area (Å²) in [6, 6.07) is 9.61. The minimum Gasteiger partial charge on any atom is -0.375 e. The Morgan fingerprint density at radius 3 is 2.67 bits per heavy atom. The molecule has 0 unspecified atom stereocenters. The maximum absolute atomic E-state index is 12.4. The van der Waals surface area contributed by atoms with Crippen LogP contribution in [0.3, 0.4) is 0 Å². The van der Waals surface area contributed by atoms with E-state index in [1.165, 1.54) is 11.0 Å². The molecule has 0 saturated heterocycles. The number of benzene rings is 1. The minimum absolute atomic E-state index is 0.0793. The summed E-state index contributed by atoms with van der Waals surface area (Å²) < 4.78 is 5.90. The number of ether oxygens (including phenoxy) is 1. The highest BCUT2D eigenvalue weighted by atomic mass is 16.5. The first kappa shape index (κ1) is 16.6. The molecule has 24 heavy (non-hydrogen) atoms. The van der Waals surface area contributed by atoms with Crippen molar-refractivity contribution in [3.05, 3.63) is 42.2 Å². The van der Waals surface area contributed by atoms with Crippen LogP contribution < -0.4 is 5.32 Å². The first-order valence-corrected chi connectivity index (χ1v) is 8.32. The van der Waals surface area contributed by atoms with Gasteiger partial charge in [0.1, 0.15) is 0 Å². The number of para-hydroxylation sites is 1. The van der Waals surface area contributed by atoms with Gasteiger partial charge in [-0.05, 0) is 32.4 Å². The molecule has 0 spiro atoms. The van der Waals surface area contributed by atoms with Crippen molar-refractivity contribution in [3.8, 4) is 5.69 Å². The first-order chi connectivity index (χ1) is 11.4. The topological polar surface area (TPSA) is 69.0 Å². The van der Waals surface area contributed by atoms with Crippen molar-refractivity contribution >= 4 is 5.91 Å². The van der Waals surface area contributed by atoms with E-state index in [1.54, 1.807) is 0 Å². The predicted molar refractivity (Wildman–Crippen MR) is 91.0 cm³/mol. The zero-order chi connectivity index (χ0) is 17.3. The number of carbonyl (C=O) groups excluding carboxylic acids is 1. The number of aromatic nitrogens is 3. The van der Waals surface area contributed by atoms with E-state index in [0.29, 0.717) is 5.69 Å². The predicted octanol–water partition coefficient (Wildman–Crippen LogP) is 2.59. The van der Waals surface area contributed by atoms with E-state index in [2.05, 4.69) is 29.4 Å². The Kier molecular flexibility index (Phi) is 4.41. The van der Waals surface area contributed by atoms with Gasteiger partial charge in [0, 0.05) is 11.5 Å². The summed E-state index contributed by atoms with van der Waals surface area (Å²) in [6.07, 6.45) is 2.68. The van der Waals surface area contributed by atoms with Gasteiger partial charge in [0.2, 0.25) is 0 Å². The van der Waals surface area contributed by atoms with Crippen LogP contribution in [0.25, 0.3) is 5.69 Å². The van der Waals surface area contributed by atoms with E-state index in [0.717, 1.165) is 12.1 Å². The highest BCUT2D eigenvalue weighted by molar-refractivity contribution is 5.92. The second-order valence-electron chi connectivity index (χ2n) is 7.11. The van der Waals surface area contributed by atoms with E-state index >= 15 is 0 Å². The molecular formula is C18H24N4O2. The summed E-state index contributed by atoms with van der Waals surface area (Å²) in [6.45, 7) is 8.30. The summed E-state index contributed by atoms with van der Waals surface area (Å²) in [7, 11) is 0. The lowest BCUT2D eigenvalue weighted by Gasteiger charge is -2.52. The van der Waals surface area contributed by atoms with Crippen LogP contribution in [0.2, 0.25) is 0 Å². The van der Waals surface area contributed by atoms with Crippen LogP contribution in [0.4, 0.5) is 0 Å². The molecule has 1 aliphatic carbocycles. The summed E-state index contributed by atoms with van der Waals surface area (Å²) >= 11 is 0. The summed E-state index contributed by atoms with van der Waals surface area (Å²) in [5.41, 5.74) is 1.06. The van der Waals surface area contributed by atoms with Crippen LogP contribution in [-0.4, -0.2) is 39.2 Å². The molecule has 1 aromatic carbocycles. The summed E-state index contributed by atoms with van der Waals surface area (Å²) in [4.78, 5) is 13.9. The maximum Gasteiger partial charge on any atom is 0.273 e. The third kappa shape index (κ3) is 3.19. The Balaban J connectivity index is 1.63. The summed E-state index contributed by atoms with van der Waals surface area (Å²) in [5.74, 6) is -0.196. The lowest BCUT2D eigenvalue weighted by molar-refractivity contribution is -0.136. The molecule has 2 atom stereocenters. The Morgan fingerprint density at radius 2 is 2.04 bits per heavy atom. The molecule has 1 aromatic heterocycles. The molecule has 0 aliphatic heterocycles. The van der Waals surface area contributed by atoms with Crippen molar-refractivity contribution in [3.63, 3.8) is 0 Å². The average Bonchev–Trinajstić information content (AvgIpc) is 3.04. The van der Waals surface area contributed by atoms with E-state index in [1.807, 2.05) is 44.2 Å². The van der Waals surface area contributed by atoms with Crippen molar-refractivity contribution in [2.75, 3.05) is 0 Å². The molecular weight excluding hydrogens is 304 g/mol. The lowest BCUT2D eigenvalue weighted by atomic mass is 9.64. The SMILES string of the molecule is CC(C)O[C@H]1C[C@H](NC(=O)c2cnn(-c3ccccc3)n2)C1(C)C. The van der Waals surface area contributed by atoms with Crippen molar-refractivity contribution in [2.45, 2.75) is 52.4 Å². The largest absolute Gasteiger partial charge is 0.375 e. The Labute approximate surface area is 142 Å². The van der Waals surface area contributed by atoms with Crippen LogP contribution in [0.15, 0.2) is 36.5 Å². The third-order valence-corrected chi connectivity index (χ3v) is 4.63. The van der Waals surface area contributed by atoms with Gasteiger partial charge in [-0.1, -0.05) is 32.0 Å². The monoisotopic (exact) mass is 328 g/mol. The van der Waals surface area contributed by atoms with Crippen LogP contribution in [0.1, 0.15) is 44.6 Å². The molecule has 1 N–H and O–H groups in total. The van der Waals surface area contributed by atoms with Crippen LogP contribution in [0, 0.1) is 5.41 Å². The molecule has 6 nitrogen and oxygen atoms in total. The molecule has 1 fully saturated rings. The average molecular weight is 328 g/mol. The zero-order valence-electron chi connectivity index (χ0n) is 14.6. The number of nitrogens with one attached hydrogen (secondary N) is 1. The molecule has 1 amide bonds. The van der Waals surface area contributed by atoms with Crippen LogP contribution in [0.5, 0.6) is 0 Å². The minimum atomic E-state index is -0.196. The van der Waals surface area contributed by atoms with Gasteiger partial charge < -0.3 is 10.1 Å². The van der Waals surface area contributed by atoms with Crippen molar-refractivity contribution < 1.29 is 9.53 Å². The Hall–Kier alpha value is -2.21. The lowest BCUT2D eigenvalue weighted by Crippen LogP contribution is -2.62. The standard InChI is InChI=1S/C18H24N4O2/c1-12(2)24-16-10-15(18(16,3)4)20-17(23)14-11-19-22(21-14)13-8-6-5-7-9-13/h5-9,11-12,15-16H,10H2,1-4H3,(H,20,23)/t15-,16-/m0/s1. The number of carbonyl (C=O) groups is 1. The van der Waals surface area contributed by atoms with E-state index < -0.39 is 0 Å². The summed E-state index contributed by atoms with van der Waals surface area (Å²) in [5, 5.41) is 11.5. The van der Waals surface area contributed by atoms with Gasteiger partial charge in [0.05, 0.1) is 24.1 Å². The molecule has 1 saturated carbocycles. The van der Waals surface area contributed by atoms with E-state index in [-0.39, 0.29) is 29.6 Å². The second kappa shape index (κ2) is 6.36. The third-order valence-electron chi connectivity index (χ3n) is 4.63. The van der Waals surface area contributed by atoms with Gasteiger partial charge in [-0.25, -0.2) is 0 Å². The number of hydrogen-bond donors (Lipinski definition) is 1. The molecule has 1 heterocycles. The molecule has 2 aromatic rings. The van der Waals surface area contributed by atoms with Crippen molar-refractivity contribution in [1.29, 1.82) is 0 Å². The number of amides is 1. The molecule has 6 heteroatoms. The first-order valence-electron chi connectivity index (χ1n) is 8.32. The molecule has 0 bridgehead atoms. The fraction of sp³-hybridized carbons (Fsp3) is 0.500. The molecule has 128 valence electrons. The Bertz CT molecular complexity index is 709. The van der Waals surface area contributed by atoms with Gasteiger partial charge in [-0.15, -0.1) is 5.10 Å². The van der Waals surface area contributed by atoms with Gasteiger partial charge >= 0.3 is 0 Å². The zero-order valence-corrected chi connectivity index (χ0v) is 14.6.